The van der Waals surface area contributed by atoms with Crippen molar-refractivity contribution in [3.8, 4) is 11.5 Å². The minimum absolute atomic E-state index is 0.184. The molecule has 0 fully saturated rings. The van der Waals surface area contributed by atoms with E-state index in [0.717, 1.165) is 5.56 Å². The van der Waals surface area contributed by atoms with Crippen molar-refractivity contribution in [2.45, 2.75) is 19.5 Å². The van der Waals surface area contributed by atoms with E-state index < -0.39 is 6.04 Å². The maximum Gasteiger partial charge on any atom is 0.265 e. The van der Waals surface area contributed by atoms with Crippen LogP contribution >= 0.6 is 11.6 Å². The predicted octanol–water partition coefficient (Wildman–Crippen LogP) is 4.03. The van der Waals surface area contributed by atoms with Crippen LogP contribution in [0.25, 0.3) is 0 Å². The molecule has 0 saturated carbocycles. The summed E-state index contributed by atoms with van der Waals surface area (Å²) in [6.07, 6.45) is 0. The Bertz CT molecular complexity index is 1200. The van der Waals surface area contributed by atoms with Crippen LogP contribution in [-0.4, -0.2) is 36.9 Å². The molecule has 0 radical (unpaired) electrons. The van der Waals surface area contributed by atoms with Crippen LogP contribution in [0.3, 0.4) is 0 Å². The van der Waals surface area contributed by atoms with Crippen molar-refractivity contribution in [3.63, 3.8) is 0 Å². The number of rotatable bonds is 8. The second-order valence-corrected chi connectivity index (χ2v) is 8.22. The lowest BCUT2D eigenvalue weighted by atomic mass is 10.1. The topological polar surface area (TPSA) is 84.9 Å². The molecule has 3 aromatic rings. The van der Waals surface area contributed by atoms with Gasteiger partial charge in [0, 0.05) is 17.1 Å². The fourth-order valence-electron chi connectivity index (χ4n) is 3.58. The summed E-state index contributed by atoms with van der Waals surface area (Å²) < 4.78 is 11.1. The second kappa shape index (κ2) is 10.4. The number of ketones is 1. The molecule has 0 aromatic heterocycles. The van der Waals surface area contributed by atoms with Gasteiger partial charge in [-0.3, -0.25) is 19.3 Å². The van der Waals surface area contributed by atoms with Crippen molar-refractivity contribution >= 4 is 34.9 Å². The molecule has 1 heterocycles. The van der Waals surface area contributed by atoms with Crippen LogP contribution in [0.5, 0.6) is 11.5 Å². The Hall–Kier alpha value is -3.84. The van der Waals surface area contributed by atoms with E-state index in [1.165, 1.54) is 4.90 Å². The van der Waals surface area contributed by atoms with Gasteiger partial charge in [-0.05, 0) is 55.0 Å². The number of carbonyl (C=O) groups is 3. The van der Waals surface area contributed by atoms with Crippen molar-refractivity contribution in [2.24, 2.45) is 0 Å². The molecule has 4 rings (SSSR count). The summed E-state index contributed by atoms with van der Waals surface area (Å²) in [6, 6.07) is 20.2. The monoisotopic (exact) mass is 478 g/mol. The average Bonchev–Trinajstić information content (AvgIpc) is 2.86. The van der Waals surface area contributed by atoms with Gasteiger partial charge >= 0.3 is 0 Å². The summed E-state index contributed by atoms with van der Waals surface area (Å²) in [5.41, 5.74) is 1.66. The smallest absolute Gasteiger partial charge is 0.265 e. The van der Waals surface area contributed by atoms with E-state index in [0.29, 0.717) is 34.3 Å². The van der Waals surface area contributed by atoms with Crippen LogP contribution in [0.4, 0.5) is 5.69 Å². The molecule has 2 amide bonds. The molecule has 174 valence electrons. The van der Waals surface area contributed by atoms with E-state index in [9.17, 15) is 14.4 Å². The van der Waals surface area contributed by atoms with E-state index in [1.807, 2.05) is 30.3 Å². The van der Waals surface area contributed by atoms with Gasteiger partial charge in [-0.25, -0.2) is 0 Å². The van der Waals surface area contributed by atoms with Crippen LogP contribution < -0.4 is 19.7 Å². The molecule has 0 spiro atoms. The van der Waals surface area contributed by atoms with Gasteiger partial charge in [-0.2, -0.15) is 0 Å². The predicted molar refractivity (Wildman–Crippen MR) is 128 cm³/mol. The third-order valence-corrected chi connectivity index (χ3v) is 5.67. The third kappa shape index (κ3) is 5.38. The molecule has 8 heteroatoms. The SMILES string of the molecule is C[C@H](C(=O)NCc1ccccc1)N1C(=O)COc2ccc(C(=O)COc3ccc(Cl)cc3)cc21. The maximum atomic E-state index is 12.8. The Morgan fingerprint density at radius 1 is 1.09 bits per heavy atom. The lowest BCUT2D eigenvalue weighted by Crippen LogP contribution is -2.51. The van der Waals surface area contributed by atoms with Gasteiger partial charge in [0.2, 0.25) is 5.91 Å². The fourth-order valence-corrected chi connectivity index (χ4v) is 3.71. The number of halogens is 1. The highest BCUT2D eigenvalue weighted by Gasteiger charge is 2.33. The van der Waals surface area contributed by atoms with Crippen molar-refractivity contribution in [1.82, 2.24) is 5.32 Å². The zero-order valence-corrected chi connectivity index (χ0v) is 19.2. The van der Waals surface area contributed by atoms with Crippen LogP contribution in [0.1, 0.15) is 22.8 Å². The van der Waals surface area contributed by atoms with Gasteiger partial charge in [0.1, 0.15) is 17.5 Å². The summed E-state index contributed by atoms with van der Waals surface area (Å²) in [7, 11) is 0. The van der Waals surface area contributed by atoms with Gasteiger partial charge < -0.3 is 14.8 Å². The van der Waals surface area contributed by atoms with E-state index in [-0.39, 0.29) is 30.8 Å². The maximum absolute atomic E-state index is 12.8. The first-order chi connectivity index (χ1) is 16.4. The lowest BCUT2D eigenvalue weighted by Gasteiger charge is -2.33. The van der Waals surface area contributed by atoms with Crippen molar-refractivity contribution in [3.05, 3.63) is 88.9 Å². The Balaban J connectivity index is 1.48. The van der Waals surface area contributed by atoms with Crippen LogP contribution in [0.15, 0.2) is 72.8 Å². The number of nitrogens with one attached hydrogen (secondary N) is 1. The van der Waals surface area contributed by atoms with Gasteiger partial charge in [-0.1, -0.05) is 41.9 Å². The highest BCUT2D eigenvalue weighted by molar-refractivity contribution is 6.30. The number of fused-ring (bicyclic) bond motifs is 1. The molecule has 1 N–H and O–H groups in total. The molecule has 1 aliphatic heterocycles. The van der Waals surface area contributed by atoms with Crippen LogP contribution in [-0.2, 0) is 16.1 Å². The highest BCUT2D eigenvalue weighted by Crippen LogP contribution is 2.34. The number of carbonyl (C=O) groups excluding carboxylic acids is 3. The first-order valence-electron chi connectivity index (χ1n) is 10.7. The number of benzene rings is 3. The largest absolute Gasteiger partial charge is 0.485 e. The van der Waals surface area contributed by atoms with E-state index in [4.69, 9.17) is 21.1 Å². The molecule has 1 aliphatic rings. The molecule has 34 heavy (non-hydrogen) atoms. The van der Waals surface area contributed by atoms with Gasteiger partial charge in [0.25, 0.3) is 5.91 Å². The molecule has 3 aromatic carbocycles. The number of hydrogen-bond donors (Lipinski definition) is 1. The van der Waals surface area contributed by atoms with Crippen molar-refractivity contribution < 1.29 is 23.9 Å². The summed E-state index contributed by atoms with van der Waals surface area (Å²) in [4.78, 5) is 39.6. The summed E-state index contributed by atoms with van der Waals surface area (Å²) in [6.45, 7) is 1.61. The van der Waals surface area contributed by atoms with E-state index in [1.54, 1.807) is 49.4 Å². The highest BCUT2D eigenvalue weighted by atomic mass is 35.5. The third-order valence-electron chi connectivity index (χ3n) is 5.42. The summed E-state index contributed by atoms with van der Waals surface area (Å²) in [5, 5.41) is 3.43. The van der Waals surface area contributed by atoms with Gasteiger partial charge in [-0.15, -0.1) is 0 Å². The molecule has 0 saturated heterocycles. The fraction of sp³-hybridized carbons (Fsp3) is 0.192. The zero-order chi connectivity index (χ0) is 24.1. The average molecular weight is 479 g/mol. The van der Waals surface area contributed by atoms with Crippen LogP contribution in [0, 0.1) is 0 Å². The second-order valence-electron chi connectivity index (χ2n) is 7.78. The Labute approximate surface area is 202 Å². The Morgan fingerprint density at radius 3 is 2.56 bits per heavy atom. The quantitative estimate of drug-likeness (QED) is 0.494. The van der Waals surface area contributed by atoms with Crippen molar-refractivity contribution in [1.29, 1.82) is 0 Å². The van der Waals surface area contributed by atoms with Gasteiger partial charge in [0.15, 0.2) is 19.0 Å². The van der Waals surface area contributed by atoms with Crippen molar-refractivity contribution in [2.75, 3.05) is 18.1 Å². The molecular weight excluding hydrogens is 456 g/mol. The number of nitrogens with zero attached hydrogens (tertiary/aromatic N) is 1. The van der Waals surface area contributed by atoms with E-state index in [2.05, 4.69) is 5.32 Å². The Kier molecular flexibility index (Phi) is 7.13. The molecule has 0 bridgehead atoms. The Morgan fingerprint density at radius 2 is 1.82 bits per heavy atom. The number of Topliss-reactive ketones (excluding diaryl/α,β-unsaturated/α-hetero) is 1. The minimum atomic E-state index is -0.797. The molecular formula is C26H23ClN2O5. The molecule has 1 atom stereocenters. The number of ether oxygens (including phenoxy) is 2. The summed E-state index contributed by atoms with van der Waals surface area (Å²) in [5.74, 6) is -0.0151. The zero-order valence-electron chi connectivity index (χ0n) is 18.5. The number of anilines is 1. The molecule has 0 aliphatic carbocycles. The first-order valence-corrected chi connectivity index (χ1v) is 11.1. The summed E-state index contributed by atoms with van der Waals surface area (Å²) >= 11 is 5.87. The van der Waals surface area contributed by atoms with E-state index >= 15 is 0 Å². The lowest BCUT2D eigenvalue weighted by molar-refractivity contribution is -0.127. The standard InChI is InChI=1S/C26H23ClN2O5/c1-17(26(32)28-14-18-5-3-2-4-6-18)29-22-13-19(7-12-24(22)34-16-25(29)31)23(30)15-33-21-10-8-20(27)9-11-21/h2-13,17H,14-16H2,1H3,(H,28,32)/t17-/m1/s1. The first kappa shape index (κ1) is 23.3. The normalized spacial score (nSPS) is 13.5. The number of amides is 2. The molecule has 7 nitrogen and oxygen atoms in total. The van der Waals surface area contributed by atoms with Crippen LogP contribution in [0.2, 0.25) is 5.02 Å². The molecule has 0 unspecified atom stereocenters. The van der Waals surface area contributed by atoms with Gasteiger partial charge in [0.05, 0.1) is 5.69 Å². The number of hydrogen-bond acceptors (Lipinski definition) is 5. The minimum Gasteiger partial charge on any atom is -0.485 e.